The number of hydrogen-bond donors (Lipinski definition) is 7. The molecule has 5 atom stereocenters. The molecule has 0 heterocycles. The molecule has 0 saturated heterocycles. The number of phenolic OH excluding ortho intramolecular Hbond substituents is 1. The number of primary amides is 1. The lowest BCUT2D eigenvalue weighted by molar-refractivity contribution is -0.138. The molecule has 0 spiro atoms. The molecule has 43 heavy (non-hydrogen) atoms. The number of rotatable bonds is 7. The number of carbonyl (C=O) groups excluding carboxylic acids is 2. The first-order valence-electron chi connectivity index (χ1n) is 14.8. The summed E-state index contributed by atoms with van der Waals surface area (Å²) in [5.74, 6) is -4.74. The van der Waals surface area contributed by atoms with Crippen LogP contribution in [0.3, 0.4) is 0 Å². The molecule has 0 aliphatic heterocycles. The van der Waals surface area contributed by atoms with Crippen molar-refractivity contribution in [2.75, 3.05) is 26.0 Å². The number of anilines is 1. The highest BCUT2D eigenvalue weighted by Crippen LogP contribution is 2.53. The van der Waals surface area contributed by atoms with Crippen molar-refractivity contribution in [3.05, 3.63) is 39.7 Å². The maximum Gasteiger partial charge on any atom is 0.254 e. The Morgan fingerprint density at radius 3 is 2.30 bits per heavy atom. The summed E-state index contributed by atoms with van der Waals surface area (Å²) in [7, 11) is 5.24. The van der Waals surface area contributed by atoms with E-state index in [4.69, 9.17) is 11.1 Å². The van der Waals surface area contributed by atoms with E-state index in [-0.39, 0.29) is 47.2 Å². The number of benzene rings is 1. The fourth-order valence-corrected chi connectivity index (χ4v) is 6.83. The minimum absolute atomic E-state index is 0.000600. The molecule has 0 bridgehead atoms. The van der Waals surface area contributed by atoms with Crippen molar-refractivity contribution in [2.45, 2.75) is 84.7 Å². The number of aliphatic hydroxyl groups excluding tert-OH is 2. The van der Waals surface area contributed by atoms with Crippen LogP contribution >= 0.6 is 0 Å². The molecule has 8 N–H and O–H groups in total. The molecule has 11 heteroatoms. The summed E-state index contributed by atoms with van der Waals surface area (Å²) in [6.45, 7) is 13.1. The average molecular weight is 598 g/mol. The smallest absolute Gasteiger partial charge is 0.254 e. The van der Waals surface area contributed by atoms with E-state index in [0.717, 1.165) is 11.3 Å². The second kappa shape index (κ2) is 10.9. The van der Waals surface area contributed by atoms with Crippen molar-refractivity contribution in [2.24, 2.45) is 23.0 Å². The van der Waals surface area contributed by atoms with Crippen molar-refractivity contribution < 1.29 is 30.0 Å². The number of amides is 1. The van der Waals surface area contributed by atoms with Crippen LogP contribution in [-0.4, -0.2) is 87.6 Å². The first-order valence-corrected chi connectivity index (χ1v) is 14.8. The molecule has 1 saturated carbocycles. The quantitative estimate of drug-likeness (QED) is 0.248. The van der Waals surface area contributed by atoms with Crippen LogP contribution < -0.4 is 16.0 Å². The summed E-state index contributed by atoms with van der Waals surface area (Å²) in [5.41, 5.74) is 3.98. The third-order valence-corrected chi connectivity index (χ3v) is 9.85. The van der Waals surface area contributed by atoms with Crippen LogP contribution in [0.2, 0.25) is 0 Å². The Kier molecular flexibility index (Phi) is 8.27. The van der Waals surface area contributed by atoms with Crippen LogP contribution in [0.1, 0.15) is 64.7 Å². The van der Waals surface area contributed by atoms with Gasteiger partial charge in [-0.25, -0.2) is 0 Å². The van der Waals surface area contributed by atoms with Crippen LogP contribution in [-0.2, 0) is 22.6 Å². The number of carbonyl (C=O) groups is 2. The third kappa shape index (κ3) is 5.01. The molecule has 1 fully saturated rings. The molecule has 1 aromatic rings. The SMILES string of the molecule is CC(C)N(C)c1c(CN[C@H](C)C(C)(C)C)cc(O)c2c1C[C@H]1C[C@H]3[C@H](N(C)C)C(O)=C(C(N)=O)C(=N)[C@@]3(O)C(=O)C1=C2O. The van der Waals surface area contributed by atoms with E-state index in [9.17, 15) is 30.0 Å². The lowest BCUT2D eigenvalue weighted by atomic mass is 9.56. The van der Waals surface area contributed by atoms with Crippen molar-refractivity contribution >= 4 is 28.8 Å². The van der Waals surface area contributed by atoms with Crippen LogP contribution in [0.25, 0.3) is 5.76 Å². The summed E-state index contributed by atoms with van der Waals surface area (Å²) < 4.78 is 0. The van der Waals surface area contributed by atoms with Gasteiger partial charge in [-0.15, -0.1) is 0 Å². The topological polar surface area (TPSA) is 183 Å². The molecule has 11 nitrogen and oxygen atoms in total. The highest BCUT2D eigenvalue weighted by molar-refractivity contribution is 6.34. The maximum atomic E-state index is 14.2. The normalized spacial score (nSPS) is 26.5. The molecule has 3 aliphatic carbocycles. The zero-order valence-electron chi connectivity index (χ0n) is 26.7. The number of aliphatic hydroxyl groups is 3. The van der Waals surface area contributed by atoms with Gasteiger partial charge in [-0.2, -0.15) is 0 Å². The zero-order valence-corrected chi connectivity index (χ0v) is 26.7. The van der Waals surface area contributed by atoms with Gasteiger partial charge in [-0.05, 0) is 76.2 Å². The van der Waals surface area contributed by atoms with E-state index >= 15 is 0 Å². The van der Waals surface area contributed by atoms with Gasteiger partial charge < -0.3 is 41.8 Å². The molecule has 236 valence electrons. The monoisotopic (exact) mass is 597 g/mol. The molecule has 4 rings (SSSR count). The first-order chi connectivity index (χ1) is 19.8. The molecule has 0 unspecified atom stereocenters. The summed E-state index contributed by atoms with van der Waals surface area (Å²) >= 11 is 0. The number of hydrogen-bond acceptors (Lipinski definition) is 10. The maximum absolute atomic E-state index is 14.2. The Morgan fingerprint density at radius 1 is 1.19 bits per heavy atom. The molecule has 0 radical (unpaired) electrons. The Balaban J connectivity index is 1.92. The van der Waals surface area contributed by atoms with Gasteiger partial charge in [-0.3, -0.25) is 14.5 Å². The highest BCUT2D eigenvalue weighted by atomic mass is 16.3. The van der Waals surface area contributed by atoms with Crippen molar-refractivity contribution in [1.29, 1.82) is 5.41 Å². The highest BCUT2D eigenvalue weighted by Gasteiger charge is 2.63. The number of aromatic hydroxyl groups is 1. The third-order valence-electron chi connectivity index (χ3n) is 9.85. The van der Waals surface area contributed by atoms with Gasteiger partial charge >= 0.3 is 0 Å². The average Bonchev–Trinajstić information content (AvgIpc) is 2.87. The second-order valence-electron chi connectivity index (χ2n) is 13.9. The van der Waals surface area contributed by atoms with E-state index in [2.05, 4.69) is 37.9 Å². The summed E-state index contributed by atoms with van der Waals surface area (Å²) in [6.07, 6.45) is 0.397. The summed E-state index contributed by atoms with van der Waals surface area (Å²) in [6, 6.07) is 0.862. The number of nitrogens with two attached hydrogens (primary N) is 1. The number of nitrogens with zero attached hydrogens (tertiary/aromatic N) is 2. The fourth-order valence-electron chi connectivity index (χ4n) is 6.83. The van der Waals surface area contributed by atoms with Crippen molar-refractivity contribution in [1.82, 2.24) is 10.2 Å². The van der Waals surface area contributed by atoms with Crippen LogP contribution in [0.15, 0.2) is 23.0 Å². The standard InChI is InChI=1S/C32H47N5O6/c1-14(2)37(9)24-17(13-35-15(3)31(4,5)6)12-20(38)22-18(24)10-16-11-19-25(36(7)8)27(40)23(30(34)42)28(33)32(19,43)29(41)21(16)26(22)39/h12,14-16,19,25,33,35,38-40,43H,10-11,13H2,1-9H3,(H2,34,42)/t15-,16+,19+,25+,32-/m1/s1. The number of nitrogens with one attached hydrogen (secondary N) is 2. The number of phenols is 1. The van der Waals surface area contributed by atoms with Gasteiger partial charge in [0.2, 0.25) is 5.78 Å². The summed E-state index contributed by atoms with van der Waals surface area (Å²) in [4.78, 5) is 30.1. The Labute approximate surface area is 253 Å². The van der Waals surface area contributed by atoms with Crippen molar-refractivity contribution in [3.8, 4) is 5.75 Å². The lowest BCUT2D eigenvalue weighted by Crippen LogP contribution is -2.67. The second-order valence-corrected chi connectivity index (χ2v) is 13.9. The van der Waals surface area contributed by atoms with Gasteiger partial charge in [0.1, 0.15) is 22.8 Å². The number of Topliss-reactive ketones (excluding diaryl/α,β-unsaturated/α-hetero) is 1. The van der Waals surface area contributed by atoms with Gasteiger partial charge in [0.05, 0.1) is 17.3 Å². The molecular weight excluding hydrogens is 550 g/mol. The molecule has 1 amide bonds. The van der Waals surface area contributed by atoms with Gasteiger partial charge in [0.25, 0.3) is 5.91 Å². The first kappa shape index (κ1) is 32.5. The van der Waals surface area contributed by atoms with E-state index in [1.54, 1.807) is 25.1 Å². The number of fused-ring (bicyclic) bond motifs is 3. The number of likely N-dealkylation sites (N-methyl/N-ethyl adjacent to an activating group) is 1. The molecule has 3 aliphatic rings. The number of ketones is 1. The fraction of sp³-hybridized carbons (Fsp3) is 0.594. The van der Waals surface area contributed by atoms with Crippen LogP contribution in [0.4, 0.5) is 5.69 Å². The summed E-state index contributed by atoms with van der Waals surface area (Å²) in [5, 5.41) is 58.2. The molecule has 0 aromatic heterocycles. The Hall–Kier alpha value is -3.41. The molecular formula is C32H47N5O6. The van der Waals surface area contributed by atoms with E-state index in [1.165, 1.54) is 0 Å². The predicted molar refractivity (Wildman–Crippen MR) is 166 cm³/mol. The van der Waals surface area contributed by atoms with Crippen molar-refractivity contribution in [3.63, 3.8) is 0 Å². The van der Waals surface area contributed by atoms with E-state index < -0.39 is 58.0 Å². The van der Waals surface area contributed by atoms with Gasteiger partial charge in [-0.1, -0.05) is 20.8 Å². The largest absolute Gasteiger partial charge is 0.510 e. The Morgan fingerprint density at radius 2 is 1.79 bits per heavy atom. The minimum atomic E-state index is -2.51. The Bertz CT molecular complexity index is 1440. The minimum Gasteiger partial charge on any atom is -0.510 e. The molecule has 1 aromatic carbocycles. The predicted octanol–water partition coefficient (Wildman–Crippen LogP) is 2.78. The van der Waals surface area contributed by atoms with Crippen LogP contribution in [0, 0.1) is 22.7 Å². The zero-order chi connectivity index (χ0) is 32.5. The van der Waals surface area contributed by atoms with Gasteiger partial charge in [0.15, 0.2) is 5.60 Å². The van der Waals surface area contributed by atoms with Crippen LogP contribution in [0.5, 0.6) is 5.75 Å². The van der Waals surface area contributed by atoms with Gasteiger partial charge in [0, 0.05) is 42.9 Å². The van der Waals surface area contributed by atoms with E-state index in [0.29, 0.717) is 12.1 Å². The lowest BCUT2D eigenvalue weighted by Gasteiger charge is -2.51. The van der Waals surface area contributed by atoms with E-state index in [1.807, 2.05) is 20.9 Å².